The van der Waals surface area contributed by atoms with Gasteiger partial charge < -0.3 is 4.74 Å². The Labute approximate surface area is 347 Å². The summed E-state index contributed by atoms with van der Waals surface area (Å²) in [5.74, 6) is 3.45. The predicted molar refractivity (Wildman–Crippen MR) is 241 cm³/mol. The molecule has 1 spiro atoms. The lowest BCUT2D eigenvalue weighted by molar-refractivity contribution is 0.436. The quantitative estimate of drug-likeness (QED) is 0.179. The van der Waals surface area contributed by atoms with E-state index in [-0.39, 0.29) is 0 Å². The van der Waals surface area contributed by atoms with Crippen molar-refractivity contribution in [1.82, 2.24) is 15.0 Å². The minimum atomic E-state index is -0.534. The SMILES string of the molecule is c1ccc(-c2nc(-c3ccc(-c4ccc5c(c4)-c4cccc6cccc-5c46)cc3)nc(-c3ccc4c(c3)Oc3ccccc3C43c4ccccc4-c4ccccc43)n2)cc1. The Bertz CT molecular complexity index is 3360. The maximum Gasteiger partial charge on any atom is 0.164 e. The summed E-state index contributed by atoms with van der Waals surface area (Å²) in [6, 6.07) is 71.3. The molecule has 4 nitrogen and oxygen atoms in total. The monoisotopic (exact) mass is 763 g/mol. The molecule has 0 N–H and O–H groups in total. The van der Waals surface area contributed by atoms with Crippen molar-refractivity contribution in [3.8, 4) is 90.2 Å². The predicted octanol–water partition coefficient (Wildman–Crippen LogP) is 13.8. The van der Waals surface area contributed by atoms with E-state index in [1.54, 1.807) is 0 Å². The van der Waals surface area contributed by atoms with Crippen LogP contribution in [0.2, 0.25) is 0 Å². The van der Waals surface area contributed by atoms with E-state index in [0.29, 0.717) is 17.5 Å². The Morgan fingerprint density at radius 2 is 0.817 bits per heavy atom. The summed E-state index contributed by atoms with van der Waals surface area (Å²) in [6.07, 6.45) is 0. The van der Waals surface area contributed by atoms with Gasteiger partial charge in [0.2, 0.25) is 0 Å². The van der Waals surface area contributed by atoms with Crippen LogP contribution >= 0.6 is 0 Å². The van der Waals surface area contributed by atoms with Gasteiger partial charge in [-0.15, -0.1) is 0 Å². The highest BCUT2D eigenvalue weighted by molar-refractivity contribution is 6.15. The second-order valence-corrected chi connectivity index (χ2v) is 15.9. The third-order valence-electron chi connectivity index (χ3n) is 12.8. The average molecular weight is 764 g/mol. The molecular weight excluding hydrogens is 731 g/mol. The lowest BCUT2D eigenvalue weighted by Crippen LogP contribution is -2.32. The molecule has 0 atom stereocenters. The maximum atomic E-state index is 6.83. The van der Waals surface area contributed by atoms with Crippen LogP contribution in [-0.4, -0.2) is 15.0 Å². The van der Waals surface area contributed by atoms with Crippen molar-refractivity contribution in [3.05, 3.63) is 222 Å². The van der Waals surface area contributed by atoms with Crippen molar-refractivity contribution in [1.29, 1.82) is 0 Å². The fraction of sp³-hybridized carbons (Fsp3) is 0.0179. The summed E-state index contributed by atoms with van der Waals surface area (Å²) in [6.45, 7) is 0. The summed E-state index contributed by atoms with van der Waals surface area (Å²) in [5.41, 5.74) is 16.9. The molecule has 0 radical (unpaired) electrons. The summed E-state index contributed by atoms with van der Waals surface area (Å²) >= 11 is 0. The molecular formula is C56H33N3O. The fourth-order valence-corrected chi connectivity index (χ4v) is 10.1. The van der Waals surface area contributed by atoms with E-state index >= 15 is 0 Å². The zero-order valence-electron chi connectivity index (χ0n) is 32.3. The molecule has 10 aromatic rings. The Morgan fingerprint density at radius 1 is 0.300 bits per heavy atom. The van der Waals surface area contributed by atoms with E-state index < -0.39 is 5.41 Å². The normalized spacial score (nSPS) is 13.3. The number of benzene rings is 9. The van der Waals surface area contributed by atoms with E-state index in [1.807, 2.05) is 36.4 Å². The molecule has 9 aromatic carbocycles. The van der Waals surface area contributed by atoms with Gasteiger partial charge in [-0.1, -0.05) is 182 Å². The van der Waals surface area contributed by atoms with Gasteiger partial charge in [-0.3, -0.25) is 0 Å². The van der Waals surface area contributed by atoms with Crippen LogP contribution in [0.3, 0.4) is 0 Å². The molecule has 3 aliphatic rings. The second-order valence-electron chi connectivity index (χ2n) is 15.9. The van der Waals surface area contributed by atoms with E-state index in [0.717, 1.165) is 44.9 Å². The first-order valence-electron chi connectivity index (χ1n) is 20.4. The van der Waals surface area contributed by atoms with E-state index in [9.17, 15) is 0 Å². The van der Waals surface area contributed by atoms with Crippen LogP contribution in [0, 0.1) is 0 Å². The first kappa shape index (κ1) is 33.1. The van der Waals surface area contributed by atoms with Crippen molar-refractivity contribution in [2.75, 3.05) is 0 Å². The number of hydrogen-bond acceptors (Lipinski definition) is 4. The standard InChI is InChI=1S/C56H33N3O/c1-2-12-36(13-3-1)53-57-54(37-26-24-34(25-27-37)38-28-30-40-43-18-10-14-35-15-11-19-44(52(35)43)45(40)32-38)59-55(58-53)39-29-31-49-51(33-39)60-50-23-9-8-22-48(50)56(49)46-20-6-4-16-41(46)42-17-5-7-21-47(42)56/h1-33H. The minimum absolute atomic E-state index is 0.534. The molecule has 0 fully saturated rings. The van der Waals surface area contributed by atoms with Gasteiger partial charge in [0.15, 0.2) is 17.5 Å². The number of ether oxygens (including phenoxy) is 1. The molecule has 1 aromatic heterocycles. The summed E-state index contributed by atoms with van der Waals surface area (Å²) in [4.78, 5) is 15.3. The maximum absolute atomic E-state index is 6.83. The van der Waals surface area contributed by atoms with Gasteiger partial charge in [0.25, 0.3) is 0 Å². The molecule has 0 bridgehead atoms. The summed E-state index contributed by atoms with van der Waals surface area (Å²) in [7, 11) is 0. The molecule has 0 amide bonds. The van der Waals surface area contributed by atoms with Crippen LogP contribution in [0.1, 0.15) is 22.3 Å². The number of rotatable bonds is 4. The van der Waals surface area contributed by atoms with Crippen LogP contribution in [-0.2, 0) is 5.41 Å². The van der Waals surface area contributed by atoms with Gasteiger partial charge in [-0.2, -0.15) is 0 Å². The zero-order chi connectivity index (χ0) is 39.4. The third kappa shape index (κ3) is 4.64. The average Bonchev–Trinajstić information content (AvgIpc) is 3.80. The Morgan fingerprint density at radius 3 is 1.53 bits per heavy atom. The van der Waals surface area contributed by atoms with Crippen molar-refractivity contribution < 1.29 is 4.74 Å². The van der Waals surface area contributed by atoms with Gasteiger partial charge in [0.05, 0.1) is 5.41 Å². The Balaban J connectivity index is 0.926. The molecule has 2 aliphatic carbocycles. The number of nitrogens with zero attached hydrogens (tertiary/aromatic N) is 3. The number of aromatic nitrogens is 3. The summed E-state index contributed by atoms with van der Waals surface area (Å²) in [5, 5.41) is 2.62. The topological polar surface area (TPSA) is 47.9 Å². The van der Waals surface area contributed by atoms with E-state index in [2.05, 4.69) is 164 Å². The highest BCUT2D eigenvalue weighted by atomic mass is 16.5. The van der Waals surface area contributed by atoms with Crippen LogP contribution in [0.5, 0.6) is 11.5 Å². The number of fused-ring (bicyclic) bond motifs is 12. The van der Waals surface area contributed by atoms with Gasteiger partial charge in [-0.05, 0) is 84.6 Å². The molecule has 60 heavy (non-hydrogen) atoms. The Kier molecular flexibility index (Phi) is 6.90. The highest BCUT2D eigenvalue weighted by Crippen LogP contribution is 2.62. The molecule has 0 saturated heterocycles. The molecule has 2 heterocycles. The molecule has 1 aliphatic heterocycles. The molecule has 0 unspecified atom stereocenters. The van der Waals surface area contributed by atoms with Gasteiger partial charge in [-0.25, -0.2) is 15.0 Å². The van der Waals surface area contributed by atoms with Gasteiger partial charge in [0.1, 0.15) is 11.5 Å². The lowest BCUT2D eigenvalue weighted by atomic mass is 9.66. The van der Waals surface area contributed by atoms with Crippen LogP contribution < -0.4 is 4.74 Å². The Hall–Kier alpha value is -7.95. The number of para-hydroxylation sites is 1. The van der Waals surface area contributed by atoms with Crippen molar-refractivity contribution in [2.45, 2.75) is 5.41 Å². The highest BCUT2D eigenvalue weighted by Gasteiger charge is 2.51. The first-order valence-corrected chi connectivity index (χ1v) is 20.4. The number of hydrogen-bond donors (Lipinski definition) is 0. The molecule has 13 rings (SSSR count). The zero-order valence-corrected chi connectivity index (χ0v) is 32.3. The second kappa shape index (κ2) is 12.5. The summed E-state index contributed by atoms with van der Waals surface area (Å²) < 4.78 is 6.83. The van der Waals surface area contributed by atoms with Crippen molar-refractivity contribution >= 4 is 10.8 Å². The van der Waals surface area contributed by atoms with Crippen LogP contribution in [0.25, 0.3) is 89.4 Å². The minimum Gasteiger partial charge on any atom is -0.457 e. The molecule has 0 saturated carbocycles. The largest absolute Gasteiger partial charge is 0.457 e. The van der Waals surface area contributed by atoms with Crippen LogP contribution in [0.15, 0.2) is 200 Å². The molecule has 4 heteroatoms. The van der Waals surface area contributed by atoms with Gasteiger partial charge >= 0.3 is 0 Å². The van der Waals surface area contributed by atoms with E-state index in [4.69, 9.17) is 19.7 Å². The smallest absolute Gasteiger partial charge is 0.164 e. The molecule has 278 valence electrons. The fourth-order valence-electron chi connectivity index (χ4n) is 10.1. The first-order chi connectivity index (χ1) is 29.7. The third-order valence-corrected chi connectivity index (χ3v) is 12.8. The van der Waals surface area contributed by atoms with Gasteiger partial charge in [0, 0.05) is 27.8 Å². The van der Waals surface area contributed by atoms with Crippen molar-refractivity contribution in [3.63, 3.8) is 0 Å². The van der Waals surface area contributed by atoms with Crippen LogP contribution in [0.4, 0.5) is 0 Å². The van der Waals surface area contributed by atoms with Crippen molar-refractivity contribution in [2.24, 2.45) is 0 Å². The van der Waals surface area contributed by atoms with E-state index in [1.165, 1.54) is 60.8 Å². The lowest BCUT2D eigenvalue weighted by Gasteiger charge is -2.39.